The molecule has 0 spiro atoms. The third kappa shape index (κ3) is 3.95. The Morgan fingerprint density at radius 1 is 0.861 bits per heavy atom. The van der Waals surface area contributed by atoms with Crippen LogP contribution in [0.15, 0.2) is 72.8 Å². The molecule has 0 bridgehead atoms. The van der Waals surface area contributed by atoms with Gasteiger partial charge in [0, 0.05) is 42.7 Å². The first-order valence-corrected chi connectivity index (χ1v) is 12.5. The number of hydrogen-bond donors (Lipinski definition) is 0. The third-order valence-corrected chi connectivity index (χ3v) is 7.04. The van der Waals surface area contributed by atoms with E-state index in [9.17, 15) is 4.79 Å². The average molecular weight is 497 g/mol. The highest BCUT2D eigenvalue weighted by molar-refractivity contribution is 6.33. The lowest BCUT2D eigenvalue weighted by atomic mass is 10.1. The van der Waals surface area contributed by atoms with Crippen molar-refractivity contribution in [3.63, 3.8) is 0 Å². The van der Waals surface area contributed by atoms with E-state index in [2.05, 4.69) is 15.1 Å². The maximum absolute atomic E-state index is 13.2. The van der Waals surface area contributed by atoms with Gasteiger partial charge in [-0.05, 0) is 49.7 Å². The molecule has 36 heavy (non-hydrogen) atoms. The van der Waals surface area contributed by atoms with Crippen molar-refractivity contribution in [1.29, 1.82) is 0 Å². The molecule has 0 radical (unpaired) electrons. The highest BCUT2D eigenvalue weighted by atomic mass is 35.5. The van der Waals surface area contributed by atoms with E-state index >= 15 is 0 Å². The van der Waals surface area contributed by atoms with E-state index in [0.29, 0.717) is 30.5 Å². The maximum atomic E-state index is 13.2. The molecule has 3 aromatic carbocycles. The minimum atomic E-state index is 0.0644. The van der Waals surface area contributed by atoms with Crippen LogP contribution in [0, 0.1) is 6.92 Å². The number of anilines is 1. The van der Waals surface area contributed by atoms with Crippen LogP contribution in [0.1, 0.15) is 22.3 Å². The second-order valence-electron chi connectivity index (χ2n) is 9.09. The van der Waals surface area contributed by atoms with Crippen LogP contribution >= 0.6 is 11.6 Å². The van der Waals surface area contributed by atoms with Crippen molar-refractivity contribution in [2.45, 2.75) is 13.3 Å². The van der Waals surface area contributed by atoms with Crippen LogP contribution in [0.2, 0.25) is 5.02 Å². The van der Waals surface area contributed by atoms with Gasteiger partial charge in [-0.1, -0.05) is 53.6 Å². The van der Waals surface area contributed by atoms with E-state index < -0.39 is 0 Å². The van der Waals surface area contributed by atoms with Gasteiger partial charge in [-0.2, -0.15) is 0 Å². The van der Waals surface area contributed by atoms with Crippen molar-refractivity contribution >= 4 is 40.0 Å². The number of aryl methyl sites for hydroxylation is 1. The molecule has 0 N–H and O–H groups in total. The van der Waals surface area contributed by atoms with Gasteiger partial charge in [-0.25, -0.2) is 9.38 Å². The molecule has 6 rings (SSSR count). The number of rotatable bonds is 3. The van der Waals surface area contributed by atoms with Crippen LogP contribution < -0.4 is 4.90 Å². The van der Waals surface area contributed by atoms with E-state index in [1.807, 2.05) is 89.0 Å². The molecular weight excluding hydrogens is 472 g/mol. The summed E-state index contributed by atoms with van der Waals surface area (Å²) in [5.41, 5.74) is 4.26. The molecular formula is C28H25ClN6O. The van der Waals surface area contributed by atoms with Crippen molar-refractivity contribution in [2.75, 3.05) is 31.1 Å². The molecule has 0 aliphatic carbocycles. The van der Waals surface area contributed by atoms with Crippen LogP contribution in [0.4, 0.5) is 5.95 Å². The summed E-state index contributed by atoms with van der Waals surface area (Å²) in [6, 6.07) is 23.4. The normalized spacial score (nSPS) is 14.4. The largest absolute Gasteiger partial charge is 0.340 e. The first kappa shape index (κ1) is 22.5. The SMILES string of the molecule is Cc1ccc(C(=O)N2CCCN(c3nc4ccccc4c4nnc(-c5ccccc5Cl)n34)CC2)cc1. The molecule has 0 unspecified atom stereocenters. The Labute approximate surface area is 214 Å². The zero-order chi connectivity index (χ0) is 24.6. The fourth-order valence-electron chi connectivity index (χ4n) is 4.79. The standard InChI is InChI=1S/C28H25ClN6O/c1-19-11-13-20(14-12-19)27(36)33-15-6-16-34(18-17-33)28-30-24-10-5-3-8-22(24)26-32-31-25(35(26)28)21-7-2-4-9-23(21)29/h2-5,7-14H,6,15-18H2,1H3. The van der Waals surface area contributed by atoms with Crippen molar-refractivity contribution in [1.82, 2.24) is 24.5 Å². The molecule has 1 fully saturated rings. The van der Waals surface area contributed by atoms with Gasteiger partial charge < -0.3 is 9.80 Å². The third-order valence-electron chi connectivity index (χ3n) is 6.71. The zero-order valence-electron chi connectivity index (χ0n) is 19.9. The number of carbonyl (C=O) groups excluding carboxylic acids is 1. The monoisotopic (exact) mass is 496 g/mol. The molecule has 1 amide bonds. The number of carbonyl (C=O) groups is 1. The first-order chi connectivity index (χ1) is 17.6. The predicted molar refractivity (Wildman–Crippen MR) is 143 cm³/mol. The Hall–Kier alpha value is -3.97. The summed E-state index contributed by atoms with van der Waals surface area (Å²) in [4.78, 5) is 22.4. The number of aromatic nitrogens is 4. The van der Waals surface area contributed by atoms with E-state index in [4.69, 9.17) is 16.6 Å². The summed E-state index contributed by atoms with van der Waals surface area (Å²) < 4.78 is 2.00. The van der Waals surface area contributed by atoms with Gasteiger partial charge in [0.1, 0.15) is 0 Å². The van der Waals surface area contributed by atoms with Crippen molar-refractivity contribution in [3.8, 4) is 11.4 Å². The van der Waals surface area contributed by atoms with Gasteiger partial charge in [-0.3, -0.25) is 4.79 Å². The number of fused-ring (bicyclic) bond motifs is 3. The molecule has 180 valence electrons. The van der Waals surface area contributed by atoms with Gasteiger partial charge in [0.05, 0.1) is 10.5 Å². The van der Waals surface area contributed by atoms with Crippen LogP contribution in [-0.2, 0) is 0 Å². The van der Waals surface area contributed by atoms with Gasteiger partial charge in [-0.15, -0.1) is 10.2 Å². The summed E-state index contributed by atoms with van der Waals surface area (Å²) in [5, 5.41) is 10.6. The molecule has 7 nitrogen and oxygen atoms in total. The highest BCUT2D eigenvalue weighted by Gasteiger charge is 2.25. The lowest BCUT2D eigenvalue weighted by Gasteiger charge is -2.24. The number of para-hydroxylation sites is 1. The summed E-state index contributed by atoms with van der Waals surface area (Å²) in [7, 11) is 0. The number of halogens is 1. The van der Waals surface area contributed by atoms with Gasteiger partial charge >= 0.3 is 0 Å². The summed E-state index contributed by atoms with van der Waals surface area (Å²) >= 11 is 6.56. The first-order valence-electron chi connectivity index (χ1n) is 12.1. The van der Waals surface area contributed by atoms with Crippen molar-refractivity contribution in [3.05, 3.63) is 88.9 Å². The quantitative estimate of drug-likeness (QED) is 0.341. The lowest BCUT2D eigenvalue weighted by Crippen LogP contribution is -2.36. The Morgan fingerprint density at radius 3 is 2.47 bits per heavy atom. The molecule has 1 saturated heterocycles. The van der Waals surface area contributed by atoms with Crippen molar-refractivity contribution < 1.29 is 4.79 Å². The number of hydrogen-bond acceptors (Lipinski definition) is 5. The Balaban J connectivity index is 1.41. The number of nitrogens with zero attached hydrogens (tertiary/aromatic N) is 6. The molecule has 0 atom stereocenters. The number of amides is 1. The minimum absolute atomic E-state index is 0.0644. The molecule has 1 aliphatic heterocycles. The van der Waals surface area contributed by atoms with Gasteiger partial charge in [0.2, 0.25) is 5.95 Å². The van der Waals surface area contributed by atoms with E-state index in [1.54, 1.807) is 0 Å². The zero-order valence-corrected chi connectivity index (χ0v) is 20.7. The average Bonchev–Trinajstić information content (AvgIpc) is 3.19. The summed E-state index contributed by atoms with van der Waals surface area (Å²) in [6.45, 7) is 4.74. The lowest BCUT2D eigenvalue weighted by molar-refractivity contribution is 0.0767. The second kappa shape index (κ2) is 9.24. The van der Waals surface area contributed by atoms with Gasteiger partial charge in [0.15, 0.2) is 11.5 Å². The fourth-order valence-corrected chi connectivity index (χ4v) is 5.01. The topological polar surface area (TPSA) is 66.6 Å². The molecule has 8 heteroatoms. The summed E-state index contributed by atoms with van der Waals surface area (Å²) in [5.74, 6) is 1.48. The summed E-state index contributed by atoms with van der Waals surface area (Å²) in [6.07, 6.45) is 0.831. The number of benzene rings is 3. The van der Waals surface area contributed by atoms with Crippen LogP contribution in [0.5, 0.6) is 0 Å². The van der Waals surface area contributed by atoms with E-state index in [-0.39, 0.29) is 5.91 Å². The maximum Gasteiger partial charge on any atom is 0.253 e. The fraction of sp³-hybridized carbons (Fsp3) is 0.214. The molecule has 2 aromatic heterocycles. The van der Waals surface area contributed by atoms with Crippen LogP contribution in [0.25, 0.3) is 27.9 Å². The molecule has 1 aliphatic rings. The van der Waals surface area contributed by atoms with Crippen LogP contribution in [-0.4, -0.2) is 56.6 Å². The highest BCUT2D eigenvalue weighted by Crippen LogP contribution is 2.32. The predicted octanol–water partition coefficient (Wildman–Crippen LogP) is 5.26. The van der Waals surface area contributed by atoms with Gasteiger partial charge in [0.25, 0.3) is 5.91 Å². The van der Waals surface area contributed by atoms with E-state index in [1.165, 1.54) is 0 Å². The second-order valence-corrected chi connectivity index (χ2v) is 9.50. The minimum Gasteiger partial charge on any atom is -0.340 e. The van der Waals surface area contributed by atoms with Crippen molar-refractivity contribution in [2.24, 2.45) is 0 Å². The molecule has 3 heterocycles. The Kier molecular flexibility index (Phi) is 5.77. The molecule has 0 saturated carbocycles. The van der Waals surface area contributed by atoms with E-state index in [0.717, 1.165) is 52.2 Å². The molecule has 5 aromatic rings. The smallest absolute Gasteiger partial charge is 0.253 e. The Bertz CT molecular complexity index is 1580. The van der Waals surface area contributed by atoms with Crippen LogP contribution in [0.3, 0.4) is 0 Å². The Morgan fingerprint density at radius 2 is 1.64 bits per heavy atom.